The van der Waals surface area contributed by atoms with Gasteiger partial charge in [-0.05, 0) is 50.1 Å². The highest BCUT2D eigenvalue weighted by atomic mass is 16.1. The van der Waals surface area contributed by atoms with Crippen LogP contribution in [0.2, 0.25) is 0 Å². The minimum atomic E-state index is -0.0211. The Morgan fingerprint density at radius 2 is 1.65 bits per heavy atom. The monoisotopic (exact) mass is 268 g/mol. The maximum Gasteiger partial charge on any atom is 0.251 e. The van der Waals surface area contributed by atoms with Gasteiger partial charge in [0.1, 0.15) is 0 Å². The molecule has 3 N–H and O–H groups in total. The molecule has 0 fully saturated rings. The third kappa shape index (κ3) is 3.85. The topological polar surface area (TPSA) is 55.1 Å². The zero-order chi connectivity index (χ0) is 14.5. The summed E-state index contributed by atoms with van der Waals surface area (Å²) in [6.07, 6.45) is 0.802. The Kier molecular flexibility index (Phi) is 4.41. The molecule has 0 atom stereocenters. The van der Waals surface area contributed by atoms with Crippen LogP contribution in [-0.2, 0) is 6.42 Å². The molecule has 0 bridgehead atoms. The molecular formula is C17H20N2O. The second-order valence-electron chi connectivity index (χ2n) is 5.12. The Bertz CT molecular complexity index is 583. The average molecular weight is 268 g/mol. The highest BCUT2D eigenvalue weighted by molar-refractivity contribution is 5.94. The van der Waals surface area contributed by atoms with Gasteiger partial charge in [-0.3, -0.25) is 4.79 Å². The molecule has 0 saturated heterocycles. The quantitative estimate of drug-likeness (QED) is 0.838. The summed E-state index contributed by atoms with van der Waals surface area (Å²) in [6.45, 7) is 4.62. The van der Waals surface area contributed by atoms with Crippen molar-refractivity contribution in [2.75, 3.05) is 12.3 Å². The number of nitrogen functional groups attached to an aromatic ring is 1. The van der Waals surface area contributed by atoms with Crippen molar-refractivity contribution >= 4 is 11.6 Å². The predicted octanol–water partition coefficient (Wildman–Crippen LogP) is 2.86. The minimum absolute atomic E-state index is 0.0211. The van der Waals surface area contributed by atoms with E-state index in [2.05, 4.69) is 11.4 Å². The Labute approximate surface area is 119 Å². The second kappa shape index (κ2) is 6.24. The highest BCUT2D eigenvalue weighted by Gasteiger charge is 2.06. The molecule has 0 aliphatic heterocycles. The van der Waals surface area contributed by atoms with Gasteiger partial charge in [0.25, 0.3) is 5.91 Å². The van der Waals surface area contributed by atoms with Crippen LogP contribution in [0.25, 0.3) is 0 Å². The van der Waals surface area contributed by atoms with Crippen LogP contribution in [0, 0.1) is 13.8 Å². The van der Waals surface area contributed by atoms with Crippen LogP contribution in [0.15, 0.2) is 42.5 Å². The van der Waals surface area contributed by atoms with Crippen molar-refractivity contribution in [2.24, 2.45) is 0 Å². The van der Waals surface area contributed by atoms with E-state index in [0.29, 0.717) is 6.54 Å². The van der Waals surface area contributed by atoms with E-state index >= 15 is 0 Å². The molecule has 3 heteroatoms. The lowest BCUT2D eigenvalue weighted by atomic mass is 10.1. The van der Waals surface area contributed by atoms with Gasteiger partial charge in [0.05, 0.1) is 0 Å². The molecule has 0 unspecified atom stereocenters. The van der Waals surface area contributed by atoms with Crippen LogP contribution in [-0.4, -0.2) is 12.5 Å². The number of anilines is 1. The molecule has 1 amide bonds. The standard InChI is InChI=1S/C17H20N2O/c1-12-9-13(2)11-15(10-12)17(20)19-8-7-14-3-5-16(18)6-4-14/h3-6,9-11H,7-8,18H2,1-2H3,(H,19,20). The lowest BCUT2D eigenvalue weighted by molar-refractivity contribution is 0.0954. The number of nitrogens with two attached hydrogens (primary N) is 1. The summed E-state index contributed by atoms with van der Waals surface area (Å²) < 4.78 is 0. The molecule has 0 heterocycles. The summed E-state index contributed by atoms with van der Waals surface area (Å²) in [4.78, 5) is 12.1. The number of nitrogens with one attached hydrogen (secondary N) is 1. The van der Waals surface area contributed by atoms with E-state index in [1.165, 1.54) is 5.56 Å². The van der Waals surface area contributed by atoms with Crippen molar-refractivity contribution < 1.29 is 4.79 Å². The van der Waals surface area contributed by atoms with Crippen LogP contribution < -0.4 is 11.1 Å². The zero-order valence-corrected chi connectivity index (χ0v) is 11.9. The highest BCUT2D eigenvalue weighted by Crippen LogP contribution is 2.09. The molecule has 0 saturated carbocycles. The van der Waals surface area contributed by atoms with Gasteiger partial charge in [0.2, 0.25) is 0 Å². The number of benzene rings is 2. The van der Waals surface area contributed by atoms with E-state index in [-0.39, 0.29) is 5.91 Å². The summed E-state index contributed by atoms with van der Waals surface area (Å²) in [5, 5.41) is 2.95. The molecule has 2 rings (SSSR count). The van der Waals surface area contributed by atoms with E-state index < -0.39 is 0 Å². The maximum absolute atomic E-state index is 12.1. The number of hydrogen-bond acceptors (Lipinski definition) is 2. The third-order valence-electron chi connectivity index (χ3n) is 3.16. The number of carbonyl (C=O) groups is 1. The van der Waals surface area contributed by atoms with Gasteiger partial charge >= 0.3 is 0 Å². The number of rotatable bonds is 4. The first-order valence-corrected chi connectivity index (χ1v) is 6.75. The fourth-order valence-electron chi connectivity index (χ4n) is 2.21. The number of hydrogen-bond donors (Lipinski definition) is 2. The van der Waals surface area contributed by atoms with E-state index in [4.69, 9.17) is 5.73 Å². The van der Waals surface area contributed by atoms with Gasteiger partial charge in [-0.2, -0.15) is 0 Å². The van der Waals surface area contributed by atoms with Crippen LogP contribution in [0.4, 0.5) is 5.69 Å². The summed E-state index contributed by atoms with van der Waals surface area (Å²) in [5.74, 6) is -0.0211. The van der Waals surface area contributed by atoms with Gasteiger partial charge in [0, 0.05) is 17.8 Å². The lowest BCUT2D eigenvalue weighted by Gasteiger charge is -2.07. The van der Waals surface area contributed by atoms with E-state index in [1.807, 2.05) is 50.2 Å². The molecule has 0 radical (unpaired) electrons. The Morgan fingerprint density at radius 3 is 2.25 bits per heavy atom. The van der Waals surface area contributed by atoms with E-state index in [9.17, 15) is 4.79 Å². The van der Waals surface area contributed by atoms with Crippen LogP contribution >= 0.6 is 0 Å². The fourth-order valence-corrected chi connectivity index (χ4v) is 2.21. The van der Waals surface area contributed by atoms with Crippen molar-refractivity contribution in [3.8, 4) is 0 Å². The number of carbonyl (C=O) groups excluding carboxylic acids is 1. The molecule has 2 aromatic rings. The molecule has 20 heavy (non-hydrogen) atoms. The zero-order valence-electron chi connectivity index (χ0n) is 11.9. The average Bonchev–Trinajstić information content (AvgIpc) is 2.40. The Hall–Kier alpha value is -2.29. The first-order valence-electron chi connectivity index (χ1n) is 6.75. The normalized spacial score (nSPS) is 10.3. The number of amides is 1. The van der Waals surface area contributed by atoms with Gasteiger partial charge in [-0.25, -0.2) is 0 Å². The summed E-state index contributed by atoms with van der Waals surface area (Å²) in [6, 6.07) is 13.6. The molecule has 104 valence electrons. The SMILES string of the molecule is Cc1cc(C)cc(C(=O)NCCc2ccc(N)cc2)c1. The molecule has 0 spiro atoms. The minimum Gasteiger partial charge on any atom is -0.399 e. The molecule has 0 aliphatic rings. The first kappa shape index (κ1) is 14.1. The third-order valence-corrected chi connectivity index (χ3v) is 3.16. The van der Waals surface area contributed by atoms with E-state index in [0.717, 1.165) is 28.8 Å². The van der Waals surface area contributed by atoms with Gasteiger partial charge in [-0.1, -0.05) is 29.3 Å². The van der Waals surface area contributed by atoms with Gasteiger partial charge < -0.3 is 11.1 Å². The molecule has 2 aromatic carbocycles. The van der Waals surface area contributed by atoms with Crippen molar-refractivity contribution in [3.05, 3.63) is 64.7 Å². The van der Waals surface area contributed by atoms with Crippen molar-refractivity contribution in [1.29, 1.82) is 0 Å². The fraction of sp³-hybridized carbons (Fsp3) is 0.235. The molecular weight excluding hydrogens is 248 g/mol. The molecule has 0 aromatic heterocycles. The molecule has 3 nitrogen and oxygen atoms in total. The second-order valence-corrected chi connectivity index (χ2v) is 5.12. The van der Waals surface area contributed by atoms with Crippen molar-refractivity contribution in [2.45, 2.75) is 20.3 Å². The summed E-state index contributed by atoms with van der Waals surface area (Å²) in [7, 11) is 0. The predicted molar refractivity (Wildman–Crippen MR) is 82.8 cm³/mol. The first-order chi connectivity index (χ1) is 9.54. The van der Waals surface area contributed by atoms with Crippen LogP contribution in [0.1, 0.15) is 27.0 Å². The largest absolute Gasteiger partial charge is 0.399 e. The van der Waals surface area contributed by atoms with Crippen molar-refractivity contribution in [1.82, 2.24) is 5.32 Å². The lowest BCUT2D eigenvalue weighted by Crippen LogP contribution is -2.25. The van der Waals surface area contributed by atoms with Crippen LogP contribution in [0.3, 0.4) is 0 Å². The van der Waals surface area contributed by atoms with Gasteiger partial charge in [-0.15, -0.1) is 0 Å². The number of aryl methyl sites for hydroxylation is 2. The van der Waals surface area contributed by atoms with Crippen LogP contribution in [0.5, 0.6) is 0 Å². The summed E-state index contributed by atoms with van der Waals surface area (Å²) in [5.41, 5.74) is 10.5. The van der Waals surface area contributed by atoms with Crippen molar-refractivity contribution in [3.63, 3.8) is 0 Å². The smallest absolute Gasteiger partial charge is 0.251 e. The van der Waals surface area contributed by atoms with Gasteiger partial charge in [0.15, 0.2) is 0 Å². The maximum atomic E-state index is 12.1. The summed E-state index contributed by atoms with van der Waals surface area (Å²) >= 11 is 0. The Morgan fingerprint density at radius 1 is 1.05 bits per heavy atom. The van der Waals surface area contributed by atoms with E-state index in [1.54, 1.807) is 0 Å². The molecule has 0 aliphatic carbocycles. The Balaban J connectivity index is 1.90.